The number of nitrogens with zero attached hydrogens (tertiary/aromatic N) is 4. The summed E-state index contributed by atoms with van der Waals surface area (Å²) >= 11 is 14.9. The standard InChI is InChI=1S/C27H28Cl2N6O2S2/c1-5-35-24(23(15(2)3)32-25(37)19-11-10-18(28)12-20(19)29)33-34-27(35)39-14-22(36)31-26-30-21(13-38-26)17-8-6-16(4)7-9-17/h6-13,15,23H,5,14H2,1-4H3,(H,32,37)(H,30,31,36)/t23-/m1/s1. The second-order valence-corrected chi connectivity index (χ2v) is 11.8. The topological polar surface area (TPSA) is 102 Å². The molecule has 0 spiro atoms. The van der Waals surface area contributed by atoms with Gasteiger partial charge in [0, 0.05) is 22.5 Å². The van der Waals surface area contributed by atoms with Gasteiger partial charge in [0.05, 0.1) is 28.1 Å². The van der Waals surface area contributed by atoms with Crippen molar-refractivity contribution in [1.29, 1.82) is 0 Å². The third-order valence-electron chi connectivity index (χ3n) is 5.90. The maximum absolute atomic E-state index is 13.0. The Labute approximate surface area is 245 Å². The molecule has 2 heterocycles. The molecule has 39 heavy (non-hydrogen) atoms. The molecule has 0 unspecified atom stereocenters. The van der Waals surface area contributed by atoms with E-state index in [2.05, 4.69) is 25.8 Å². The van der Waals surface area contributed by atoms with E-state index in [1.54, 1.807) is 12.1 Å². The lowest BCUT2D eigenvalue weighted by atomic mass is 10.0. The highest BCUT2D eigenvalue weighted by Crippen LogP contribution is 2.28. The van der Waals surface area contributed by atoms with Crippen molar-refractivity contribution in [2.24, 2.45) is 5.92 Å². The van der Waals surface area contributed by atoms with Crippen LogP contribution in [0.4, 0.5) is 5.13 Å². The minimum absolute atomic E-state index is 0.0169. The molecule has 0 saturated heterocycles. The van der Waals surface area contributed by atoms with Crippen LogP contribution in [0, 0.1) is 12.8 Å². The zero-order valence-corrected chi connectivity index (χ0v) is 25.0. The molecule has 4 aromatic rings. The summed E-state index contributed by atoms with van der Waals surface area (Å²) in [5, 5.41) is 18.4. The third kappa shape index (κ3) is 7.19. The van der Waals surface area contributed by atoms with Crippen molar-refractivity contribution < 1.29 is 9.59 Å². The molecule has 4 rings (SSSR count). The SMILES string of the molecule is CCn1c(SCC(=O)Nc2nc(-c3ccc(C)cc3)cs2)nnc1[C@H](NC(=O)c1ccc(Cl)cc1Cl)C(C)C. The number of carbonyl (C=O) groups excluding carboxylic acids is 2. The van der Waals surface area contributed by atoms with Gasteiger partial charge >= 0.3 is 0 Å². The van der Waals surface area contributed by atoms with Gasteiger partial charge in [-0.25, -0.2) is 4.98 Å². The zero-order chi connectivity index (χ0) is 28.1. The van der Waals surface area contributed by atoms with Gasteiger partial charge in [-0.1, -0.05) is 78.6 Å². The summed E-state index contributed by atoms with van der Waals surface area (Å²) < 4.78 is 1.91. The first-order valence-corrected chi connectivity index (χ1v) is 14.9. The molecule has 0 bridgehead atoms. The number of halogens is 2. The Morgan fingerprint density at radius 1 is 1.10 bits per heavy atom. The molecular weight excluding hydrogens is 575 g/mol. The fourth-order valence-electron chi connectivity index (χ4n) is 3.83. The summed E-state index contributed by atoms with van der Waals surface area (Å²) in [5.74, 6) is 0.238. The highest BCUT2D eigenvalue weighted by atomic mass is 35.5. The van der Waals surface area contributed by atoms with Crippen LogP contribution in [0.2, 0.25) is 10.0 Å². The molecule has 1 atom stereocenters. The molecule has 0 aliphatic heterocycles. The Morgan fingerprint density at radius 2 is 1.85 bits per heavy atom. The van der Waals surface area contributed by atoms with E-state index in [0.29, 0.717) is 33.2 Å². The van der Waals surface area contributed by atoms with Gasteiger partial charge in [-0.3, -0.25) is 9.59 Å². The molecule has 0 aliphatic carbocycles. The van der Waals surface area contributed by atoms with Crippen LogP contribution in [-0.4, -0.2) is 37.3 Å². The van der Waals surface area contributed by atoms with Crippen LogP contribution in [0.15, 0.2) is 53.0 Å². The minimum atomic E-state index is -0.421. The van der Waals surface area contributed by atoms with E-state index < -0.39 is 6.04 Å². The average molecular weight is 604 g/mol. The third-order valence-corrected chi connectivity index (χ3v) is 8.17. The molecule has 0 aliphatic rings. The molecule has 2 aromatic carbocycles. The number of amides is 2. The summed E-state index contributed by atoms with van der Waals surface area (Å²) in [6, 6.07) is 12.4. The van der Waals surface area contributed by atoms with Gasteiger partial charge in [0.1, 0.15) is 0 Å². The predicted octanol–water partition coefficient (Wildman–Crippen LogP) is 6.89. The second-order valence-electron chi connectivity index (χ2n) is 9.15. The fourth-order valence-corrected chi connectivity index (χ4v) is 5.87. The normalized spacial score (nSPS) is 12.0. The number of hydrogen-bond acceptors (Lipinski definition) is 7. The minimum Gasteiger partial charge on any atom is -0.342 e. The van der Waals surface area contributed by atoms with E-state index in [-0.39, 0.29) is 28.5 Å². The first kappa shape index (κ1) is 29.1. The Kier molecular flexibility index (Phi) is 9.66. The second kappa shape index (κ2) is 13.0. The fraction of sp³-hybridized carbons (Fsp3) is 0.296. The van der Waals surface area contributed by atoms with Crippen molar-refractivity contribution in [1.82, 2.24) is 25.1 Å². The number of benzene rings is 2. The Bertz CT molecular complexity index is 1470. The molecule has 0 fully saturated rings. The number of carbonyl (C=O) groups is 2. The molecule has 8 nitrogen and oxygen atoms in total. The van der Waals surface area contributed by atoms with Crippen molar-refractivity contribution in [3.63, 3.8) is 0 Å². The molecule has 2 aromatic heterocycles. The maximum Gasteiger partial charge on any atom is 0.253 e. The quantitative estimate of drug-likeness (QED) is 0.191. The number of thiazole rings is 1. The van der Waals surface area contributed by atoms with Gasteiger partial charge in [-0.05, 0) is 38.0 Å². The van der Waals surface area contributed by atoms with Crippen molar-refractivity contribution in [3.05, 3.63) is 74.8 Å². The molecule has 0 saturated carbocycles. The van der Waals surface area contributed by atoms with Crippen LogP contribution in [-0.2, 0) is 11.3 Å². The van der Waals surface area contributed by atoms with Gasteiger partial charge in [0.15, 0.2) is 16.1 Å². The average Bonchev–Trinajstić information content (AvgIpc) is 3.53. The summed E-state index contributed by atoms with van der Waals surface area (Å²) in [7, 11) is 0. The molecule has 2 N–H and O–H groups in total. The first-order valence-electron chi connectivity index (χ1n) is 12.3. The highest BCUT2D eigenvalue weighted by Gasteiger charge is 2.27. The maximum atomic E-state index is 13.0. The van der Waals surface area contributed by atoms with E-state index in [0.717, 1.165) is 11.3 Å². The largest absolute Gasteiger partial charge is 0.342 e. The first-order chi connectivity index (χ1) is 18.7. The number of thioether (sulfide) groups is 1. The van der Waals surface area contributed by atoms with Crippen molar-refractivity contribution in [3.8, 4) is 11.3 Å². The van der Waals surface area contributed by atoms with Crippen LogP contribution in [0.5, 0.6) is 0 Å². The monoisotopic (exact) mass is 602 g/mol. The van der Waals surface area contributed by atoms with Crippen LogP contribution >= 0.6 is 46.3 Å². The number of hydrogen-bond donors (Lipinski definition) is 2. The van der Waals surface area contributed by atoms with E-state index in [1.807, 2.05) is 61.9 Å². The lowest BCUT2D eigenvalue weighted by Gasteiger charge is -2.22. The molecule has 0 radical (unpaired) electrons. The molecular formula is C27H28Cl2N6O2S2. The molecule has 204 valence electrons. The number of nitrogens with one attached hydrogen (secondary N) is 2. The molecule has 2 amide bonds. The number of aryl methyl sites for hydroxylation is 1. The molecule has 12 heteroatoms. The lowest BCUT2D eigenvalue weighted by molar-refractivity contribution is -0.113. The van der Waals surface area contributed by atoms with Crippen molar-refractivity contribution >= 4 is 63.2 Å². The zero-order valence-electron chi connectivity index (χ0n) is 21.9. The lowest BCUT2D eigenvalue weighted by Crippen LogP contribution is -2.34. The van der Waals surface area contributed by atoms with Gasteiger partial charge < -0.3 is 15.2 Å². The smallest absolute Gasteiger partial charge is 0.253 e. The van der Waals surface area contributed by atoms with E-state index in [9.17, 15) is 9.59 Å². The van der Waals surface area contributed by atoms with Crippen LogP contribution < -0.4 is 10.6 Å². The summed E-state index contributed by atoms with van der Waals surface area (Å²) in [4.78, 5) is 30.2. The van der Waals surface area contributed by atoms with Gasteiger partial charge in [-0.2, -0.15) is 0 Å². The van der Waals surface area contributed by atoms with Gasteiger partial charge in [0.25, 0.3) is 5.91 Å². The van der Waals surface area contributed by atoms with Gasteiger partial charge in [0.2, 0.25) is 5.91 Å². The predicted molar refractivity (Wildman–Crippen MR) is 159 cm³/mol. The number of aromatic nitrogens is 4. The van der Waals surface area contributed by atoms with E-state index in [4.69, 9.17) is 23.2 Å². The van der Waals surface area contributed by atoms with E-state index in [1.165, 1.54) is 34.7 Å². The van der Waals surface area contributed by atoms with E-state index >= 15 is 0 Å². The number of anilines is 1. The summed E-state index contributed by atoms with van der Waals surface area (Å²) in [5.41, 5.74) is 3.32. The van der Waals surface area contributed by atoms with Crippen LogP contribution in [0.25, 0.3) is 11.3 Å². The Balaban J connectivity index is 1.41. The Morgan fingerprint density at radius 3 is 2.51 bits per heavy atom. The van der Waals surface area contributed by atoms with Gasteiger partial charge in [-0.15, -0.1) is 21.5 Å². The summed E-state index contributed by atoms with van der Waals surface area (Å²) in [6.07, 6.45) is 0. The van der Waals surface area contributed by atoms with Crippen molar-refractivity contribution in [2.75, 3.05) is 11.1 Å². The highest BCUT2D eigenvalue weighted by molar-refractivity contribution is 7.99. The van der Waals surface area contributed by atoms with Crippen LogP contribution in [0.3, 0.4) is 0 Å². The van der Waals surface area contributed by atoms with Crippen molar-refractivity contribution in [2.45, 2.75) is 45.4 Å². The number of rotatable bonds is 10. The van der Waals surface area contributed by atoms with Crippen LogP contribution in [0.1, 0.15) is 48.6 Å². The Hall–Kier alpha value is -2.92. The summed E-state index contributed by atoms with van der Waals surface area (Å²) in [6.45, 7) is 8.55.